The number of aromatic carboxylic acids is 1. The van der Waals surface area contributed by atoms with Gasteiger partial charge in [0.25, 0.3) is 0 Å². The van der Waals surface area contributed by atoms with Crippen molar-refractivity contribution >= 4 is 11.7 Å². The number of carboxylic acid groups (broad SMARTS) is 1. The molecule has 0 bridgehead atoms. The second-order valence-electron chi connectivity index (χ2n) is 6.92. The summed E-state index contributed by atoms with van der Waals surface area (Å²) < 4.78 is 0. The molecule has 0 aromatic carbocycles. The average molecular weight is 318 g/mol. The summed E-state index contributed by atoms with van der Waals surface area (Å²) in [4.78, 5) is 18.4. The van der Waals surface area contributed by atoms with Gasteiger partial charge in [0.05, 0.1) is 5.69 Å². The molecule has 0 spiro atoms. The number of carbonyl (C=O) groups is 1. The molecule has 0 amide bonds. The quantitative estimate of drug-likeness (QED) is 0.775. The highest BCUT2D eigenvalue weighted by Crippen LogP contribution is 2.26. The largest absolute Gasteiger partial charge is 0.476 e. The molecular weight excluding hydrogens is 292 g/mol. The molecule has 23 heavy (non-hydrogen) atoms. The lowest BCUT2D eigenvalue weighted by molar-refractivity contribution is 0.0690. The van der Waals surface area contributed by atoms with Crippen LogP contribution in [0.1, 0.15) is 42.0 Å². The summed E-state index contributed by atoms with van der Waals surface area (Å²) in [6.07, 6.45) is 1.90. The topological polar surface area (TPSA) is 77.5 Å². The molecule has 6 nitrogen and oxygen atoms in total. The highest BCUT2D eigenvalue weighted by atomic mass is 16.4. The van der Waals surface area contributed by atoms with E-state index in [2.05, 4.69) is 34.4 Å². The second-order valence-corrected chi connectivity index (χ2v) is 6.92. The molecule has 6 heteroatoms. The van der Waals surface area contributed by atoms with Gasteiger partial charge in [0, 0.05) is 50.9 Å². The number of nitrogens with one attached hydrogen (secondary N) is 2. The van der Waals surface area contributed by atoms with E-state index < -0.39 is 5.97 Å². The van der Waals surface area contributed by atoms with Crippen LogP contribution in [0.25, 0.3) is 0 Å². The molecule has 3 N–H and O–H groups in total. The summed E-state index contributed by atoms with van der Waals surface area (Å²) >= 11 is 0. The first-order chi connectivity index (χ1) is 11.0. The summed E-state index contributed by atoms with van der Waals surface area (Å²) in [5.41, 5.74) is 3.04. The van der Waals surface area contributed by atoms with Gasteiger partial charge in [-0.25, -0.2) is 9.78 Å². The van der Waals surface area contributed by atoms with Crippen molar-refractivity contribution in [3.63, 3.8) is 0 Å². The van der Waals surface area contributed by atoms with E-state index in [1.165, 1.54) is 0 Å². The monoisotopic (exact) mass is 318 g/mol. The van der Waals surface area contributed by atoms with E-state index in [4.69, 9.17) is 0 Å². The molecule has 2 aliphatic heterocycles. The summed E-state index contributed by atoms with van der Waals surface area (Å²) in [6.45, 7) is 8.62. The maximum Gasteiger partial charge on any atom is 0.356 e. The summed E-state index contributed by atoms with van der Waals surface area (Å²) in [6, 6.07) is 2.44. The SMILES string of the molecule is CC(C)CC1CN(c2cc3c(nc2C(=O)O)CCNC3)CCN1. The van der Waals surface area contributed by atoms with Crippen molar-refractivity contribution in [2.45, 2.75) is 39.3 Å². The first-order valence-electron chi connectivity index (χ1n) is 8.49. The zero-order valence-corrected chi connectivity index (χ0v) is 13.9. The Morgan fingerprint density at radius 3 is 3.04 bits per heavy atom. The van der Waals surface area contributed by atoms with Gasteiger partial charge in [0.1, 0.15) is 0 Å². The van der Waals surface area contributed by atoms with Crippen LogP contribution < -0.4 is 15.5 Å². The van der Waals surface area contributed by atoms with Crippen LogP contribution in [0, 0.1) is 5.92 Å². The first kappa shape index (κ1) is 16.2. The summed E-state index contributed by atoms with van der Waals surface area (Å²) in [5, 5.41) is 16.5. The number of carboxylic acids is 1. The van der Waals surface area contributed by atoms with Gasteiger partial charge in [-0.15, -0.1) is 0 Å². The van der Waals surface area contributed by atoms with Crippen molar-refractivity contribution < 1.29 is 9.90 Å². The van der Waals surface area contributed by atoms with Crippen molar-refractivity contribution in [2.24, 2.45) is 5.92 Å². The van der Waals surface area contributed by atoms with Crippen molar-refractivity contribution in [3.05, 3.63) is 23.0 Å². The summed E-state index contributed by atoms with van der Waals surface area (Å²) in [5.74, 6) is -0.308. The van der Waals surface area contributed by atoms with Gasteiger partial charge in [0.2, 0.25) is 0 Å². The standard InChI is InChI=1S/C17H26N4O2/c1-11(2)7-13-10-21(6-5-19-13)15-8-12-9-18-4-3-14(12)20-16(15)17(22)23/h8,11,13,18-19H,3-7,9-10H2,1-2H3,(H,22,23). The van der Waals surface area contributed by atoms with Crippen molar-refractivity contribution in [1.82, 2.24) is 15.6 Å². The zero-order valence-electron chi connectivity index (χ0n) is 13.9. The van der Waals surface area contributed by atoms with Crippen LogP contribution in [-0.2, 0) is 13.0 Å². The zero-order chi connectivity index (χ0) is 16.4. The summed E-state index contributed by atoms with van der Waals surface area (Å²) in [7, 11) is 0. The molecule has 1 atom stereocenters. The fourth-order valence-electron chi connectivity index (χ4n) is 3.55. The van der Waals surface area contributed by atoms with Crippen LogP contribution in [0.15, 0.2) is 6.07 Å². The molecule has 1 aromatic rings. The Morgan fingerprint density at radius 2 is 2.30 bits per heavy atom. The fourth-order valence-corrected chi connectivity index (χ4v) is 3.55. The third-order valence-electron chi connectivity index (χ3n) is 4.58. The molecule has 3 rings (SSSR count). The molecule has 1 unspecified atom stereocenters. The number of rotatable bonds is 4. The second kappa shape index (κ2) is 6.84. The molecule has 1 saturated heterocycles. The van der Waals surface area contributed by atoms with E-state index in [9.17, 15) is 9.90 Å². The predicted molar refractivity (Wildman–Crippen MR) is 90.1 cm³/mol. The van der Waals surface area contributed by atoms with Crippen LogP contribution in [0.3, 0.4) is 0 Å². The lowest BCUT2D eigenvalue weighted by Crippen LogP contribution is -2.51. The molecular formula is C17H26N4O2. The Hall–Kier alpha value is -1.66. The van der Waals surface area contributed by atoms with E-state index in [-0.39, 0.29) is 5.69 Å². The van der Waals surface area contributed by atoms with Gasteiger partial charge in [-0.1, -0.05) is 13.8 Å². The maximum absolute atomic E-state index is 11.7. The van der Waals surface area contributed by atoms with Crippen LogP contribution in [0.5, 0.6) is 0 Å². The van der Waals surface area contributed by atoms with Gasteiger partial charge in [-0.05, 0) is 24.0 Å². The highest BCUT2D eigenvalue weighted by molar-refractivity contribution is 5.92. The molecule has 1 fully saturated rings. The fraction of sp³-hybridized carbons (Fsp3) is 0.647. The third kappa shape index (κ3) is 3.64. The Balaban J connectivity index is 1.89. The maximum atomic E-state index is 11.7. The van der Waals surface area contributed by atoms with E-state index >= 15 is 0 Å². The lowest BCUT2D eigenvalue weighted by Gasteiger charge is -2.37. The van der Waals surface area contributed by atoms with Gasteiger partial charge >= 0.3 is 5.97 Å². The minimum absolute atomic E-state index is 0.204. The van der Waals surface area contributed by atoms with E-state index in [1.54, 1.807) is 0 Å². The Labute approximate surface area is 137 Å². The number of hydrogen-bond donors (Lipinski definition) is 3. The number of pyridine rings is 1. The van der Waals surface area contributed by atoms with Gasteiger partial charge in [-0.3, -0.25) is 0 Å². The highest BCUT2D eigenvalue weighted by Gasteiger charge is 2.26. The molecule has 126 valence electrons. The predicted octanol–water partition coefficient (Wildman–Crippen LogP) is 1.25. The lowest BCUT2D eigenvalue weighted by atomic mass is 10.0. The minimum atomic E-state index is -0.930. The van der Waals surface area contributed by atoms with Gasteiger partial charge in [0.15, 0.2) is 5.69 Å². The van der Waals surface area contributed by atoms with Crippen molar-refractivity contribution in [2.75, 3.05) is 31.1 Å². The number of aromatic nitrogens is 1. The average Bonchev–Trinajstić information content (AvgIpc) is 2.53. The van der Waals surface area contributed by atoms with E-state index in [0.717, 1.165) is 62.5 Å². The van der Waals surface area contributed by atoms with E-state index in [1.807, 2.05) is 6.07 Å². The minimum Gasteiger partial charge on any atom is -0.476 e. The smallest absolute Gasteiger partial charge is 0.356 e. The van der Waals surface area contributed by atoms with Crippen molar-refractivity contribution in [3.8, 4) is 0 Å². The normalized spacial score (nSPS) is 21.3. The molecule has 1 aromatic heterocycles. The molecule has 0 saturated carbocycles. The van der Waals surface area contributed by atoms with E-state index in [0.29, 0.717) is 12.0 Å². The van der Waals surface area contributed by atoms with Crippen LogP contribution in [0.2, 0.25) is 0 Å². The Bertz CT molecular complexity index is 588. The van der Waals surface area contributed by atoms with Crippen molar-refractivity contribution in [1.29, 1.82) is 0 Å². The molecule has 3 heterocycles. The van der Waals surface area contributed by atoms with Gasteiger partial charge < -0.3 is 20.6 Å². The molecule has 0 aliphatic carbocycles. The molecule has 2 aliphatic rings. The number of piperazine rings is 1. The number of fused-ring (bicyclic) bond motifs is 1. The number of anilines is 1. The third-order valence-corrected chi connectivity index (χ3v) is 4.58. The Morgan fingerprint density at radius 1 is 1.48 bits per heavy atom. The van der Waals surface area contributed by atoms with Crippen LogP contribution in [0.4, 0.5) is 5.69 Å². The van der Waals surface area contributed by atoms with Gasteiger partial charge in [-0.2, -0.15) is 0 Å². The molecule has 0 radical (unpaired) electrons. The van der Waals surface area contributed by atoms with Crippen LogP contribution >= 0.6 is 0 Å². The number of hydrogen-bond acceptors (Lipinski definition) is 5. The van der Waals surface area contributed by atoms with Crippen LogP contribution in [-0.4, -0.2) is 48.3 Å². The number of nitrogens with zero attached hydrogens (tertiary/aromatic N) is 2. The first-order valence-corrected chi connectivity index (χ1v) is 8.49. The Kier molecular flexibility index (Phi) is 4.82.